The van der Waals surface area contributed by atoms with Crippen molar-refractivity contribution in [2.75, 3.05) is 25.0 Å². The van der Waals surface area contributed by atoms with Crippen LogP contribution in [0.1, 0.15) is 16.1 Å². The lowest BCUT2D eigenvalue weighted by molar-refractivity contribution is 0.708. The maximum atomic E-state index is 4.83. The minimum Gasteiger partial charge on any atom is -0.369 e. The summed E-state index contributed by atoms with van der Waals surface area (Å²) in [5, 5.41) is 9.13. The summed E-state index contributed by atoms with van der Waals surface area (Å²) in [7, 11) is 0. The van der Waals surface area contributed by atoms with Crippen molar-refractivity contribution in [2.45, 2.75) is 19.3 Å². The highest BCUT2D eigenvalue weighted by molar-refractivity contribution is 7.09. The van der Waals surface area contributed by atoms with Gasteiger partial charge in [0.25, 0.3) is 0 Å². The Morgan fingerprint density at radius 1 is 1.12 bits per heavy atom. The molecule has 1 aliphatic heterocycles. The molecule has 0 unspecified atom stereocenters. The molecule has 2 N–H and O–H groups in total. The molecule has 6 heteroatoms. The lowest BCUT2D eigenvalue weighted by Gasteiger charge is -2.14. The van der Waals surface area contributed by atoms with E-state index in [4.69, 9.17) is 9.97 Å². The fourth-order valence-corrected chi connectivity index (χ4v) is 3.78. The molecule has 3 aromatic rings. The zero-order valence-electron chi connectivity index (χ0n) is 14.0. The number of hydrogen-bond donors (Lipinski definition) is 2. The highest BCUT2D eigenvalue weighted by Gasteiger charge is 2.17. The van der Waals surface area contributed by atoms with Crippen molar-refractivity contribution >= 4 is 17.2 Å². The van der Waals surface area contributed by atoms with E-state index in [1.54, 1.807) is 17.5 Å². The summed E-state index contributed by atoms with van der Waals surface area (Å²) in [6, 6.07) is 8.22. The van der Waals surface area contributed by atoms with E-state index in [1.165, 1.54) is 10.4 Å². The van der Waals surface area contributed by atoms with Crippen LogP contribution >= 0.6 is 11.3 Å². The maximum Gasteiger partial charge on any atom is 0.163 e. The number of fused-ring (bicyclic) bond motifs is 1. The summed E-state index contributed by atoms with van der Waals surface area (Å²) < 4.78 is 0. The number of anilines is 1. The topological polar surface area (TPSA) is 62.7 Å². The molecule has 0 spiro atoms. The van der Waals surface area contributed by atoms with E-state index in [0.717, 1.165) is 61.8 Å². The second-order valence-electron chi connectivity index (χ2n) is 6.07. The molecule has 3 aromatic heterocycles. The molecule has 0 amide bonds. The molecule has 4 heterocycles. The van der Waals surface area contributed by atoms with Gasteiger partial charge < -0.3 is 10.6 Å². The predicted molar refractivity (Wildman–Crippen MR) is 102 cm³/mol. The van der Waals surface area contributed by atoms with E-state index in [-0.39, 0.29) is 0 Å². The molecule has 0 aliphatic carbocycles. The van der Waals surface area contributed by atoms with Gasteiger partial charge in [0.2, 0.25) is 0 Å². The molecule has 128 valence electrons. The lowest BCUT2D eigenvalue weighted by Crippen LogP contribution is -2.16. The Balaban J connectivity index is 1.63. The summed E-state index contributed by atoms with van der Waals surface area (Å²) in [5.74, 6) is 1.73. The Kier molecular flexibility index (Phi) is 4.99. The number of nitrogens with zero attached hydrogens (tertiary/aromatic N) is 3. The van der Waals surface area contributed by atoms with Crippen LogP contribution in [0.15, 0.2) is 42.0 Å². The zero-order valence-corrected chi connectivity index (χ0v) is 14.9. The van der Waals surface area contributed by atoms with E-state index in [0.29, 0.717) is 0 Å². The smallest absolute Gasteiger partial charge is 0.163 e. The van der Waals surface area contributed by atoms with E-state index in [2.05, 4.69) is 33.1 Å². The number of pyridine rings is 1. The first-order valence-corrected chi connectivity index (χ1v) is 9.55. The third kappa shape index (κ3) is 3.86. The van der Waals surface area contributed by atoms with Gasteiger partial charge in [0, 0.05) is 47.9 Å². The van der Waals surface area contributed by atoms with Crippen molar-refractivity contribution in [1.82, 2.24) is 20.3 Å². The fraction of sp³-hybridized carbons (Fsp3) is 0.316. The van der Waals surface area contributed by atoms with Crippen molar-refractivity contribution < 1.29 is 0 Å². The number of hydrogen-bond acceptors (Lipinski definition) is 6. The van der Waals surface area contributed by atoms with Gasteiger partial charge in [-0.2, -0.15) is 0 Å². The van der Waals surface area contributed by atoms with Crippen molar-refractivity contribution in [3.63, 3.8) is 0 Å². The van der Waals surface area contributed by atoms with Crippen molar-refractivity contribution in [1.29, 1.82) is 0 Å². The van der Waals surface area contributed by atoms with Gasteiger partial charge in [-0.3, -0.25) is 4.98 Å². The predicted octanol–water partition coefficient (Wildman–Crippen LogP) is 2.94. The molecule has 0 saturated carbocycles. The molecule has 0 bridgehead atoms. The van der Waals surface area contributed by atoms with Crippen LogP contribution in [0.4, 0.5) is 5.82 Å². The van der Waals surface area contributed by atoms with Crippen LogP contribution in [-0.4, -0.2) is 34.6 Å². The van der Waals surface area contributed by atoms with Gasteiger partial charge in [-0.05, 0) is 43.0 Å². The molecule has 0 saturated heterocycles. The quantitative estimate of drug-likeness (QED) is 0.740. The van der Waals surface area contributed by atoms with E-state index < -0.39 is 0 Å². The van der Waals surface area contributed by atoms with Crippen LogP contribution < -0.4 is 10.6 Å². The SMILES string of the molecule is c1cncc(-c2nc3c(c(NCCc4cccs4)n2)CCNCC3)c1. The van der Waals surface area contributed by atoms with Gasteiger partial charge in [0.15, 0.2) is 5.82 Å². The van der Waals surface area contributed by atoms with Crippen molar-refractivity contribution in [2.24, 2.45) is 0 Å². The van der Waals surface area contributed by atoms with E-state index in [9.17, 15) is 0 Å². The Morgan fingerprint density at radius 3 is 2.92 bits per heavy atom. The molecule has 25 heavy (non-hydrogen) atoms. The molecule has 0 radical (unpaired) electrons. The minimum atomic E-state index is 0.757. The van der Waals surface area contributed by atoms with Gasteiger partial charge >= 0.3 is 0 Å². The fourth-order valence-electron chi connectivity index (χ4n) is 3.07. The van der Waals surface area contributed by atoms with Crippen LogP contribution in [0, 0.1) is 0 Å². The van der Waals surface area contributed by atoms with Crippen LogP contribution in [0.2, 0.25) is 0 Å². The molecular formula is C19H21N5S. The lowest BCUT2D eigenvalue weighted by atomic mass is 10.1. The third-order valence-corrected chi connectivity index (χ3v) is 5.28. The van der Waals surface area contributed by atoms with Gasteiger partial charge in [0.05, 0.1) is 5.69 Å². The second kappa shape index (κ2) is 7.72. The molecule has 0 fully saturated rings. The number of rotatable bonds is 5. The third-order valence-electron chi connectivity index (χ3n) is 4.35. The Morgan fingerprint density at radius 2 is 2.08 bits per heavy atom. The first-order valence-electron chi connectivity index (χ1n) is 8.67. The molecular weight excluding hydrogens is 330 g/mol. The number of nitrogens with one attached hydrogen (secondary N) is 2. The van der Waals surface area contributed by atoms with Crippen LogP contribution in [0.3, 0.4) is 0 Å². The Bertz CT molecular complexity index is 817. The first-order chi connectivity index (χ1) is 12.4. The van der Waals surface area contributed by atoms with Crippen LogP contribution in [0.25, 0.3) is 11.4 Å². The van der Waals surface area contributed by atoms with Crippen molar-refractivity contribution in [3.8, 4) is 11.4 Å². The second-order valence-corrected chi connectivity index (χ2v) is 7.10. The van der Waals surface area contributed by atoms with E-state index >= 15 is 0 Å². The van der Waals surface area contributed by atoms with Crippen LogP contribution in [0.5, 0.6) is 0 Å². The first kappa shape index (κ1) is 16.2. The molecule has 0 atom stereocenters. The average Bonchev–Trinajstić information content (AvgIpc) is 3.05. The van der Waals surface area contributed by atoms with Crippen molar-refractivity contribution in [3.05, 3.63) is 58.2 Å². The standard InChI is InChI=1S/C19H21N5S/c1-3-14(13-21-8-1)18-23-17-7-10-20-9-6-16(17)19(24-18)22-11-5-15-4-2-12-25-15/h1-4,8,12-13,20H,5-7,9-11H2,(H,22,23,24). The summed E-state index contributed by atoms with van der Waals surface area (Å²) in [5.41, 5.74) is 3.37. The summed E-state index contributed by atoms with van der Waals surface area (Å²) >= 11 is 1.80. The number of thiophene rings is 1. The molecule has 5 nitrogen and oxygen atoms in total. The summed E-state index contributed by atoms with van der Waals surface area (Å²) in [6.07, 6.45) is 6.51. The van der Waals surface area contributed by atoms with Gasteiger partial charge in [-0.15, -0.1) is 11.3 Å². The number of aromatic nitrogens is 3. The summed E-state index contributed by atoms with van der Waals surface area (Å²) in [6.45, 7) is 2.82. The van der Waals surface area contributed by atoms with Gasteiger partial charge in [0.1, 0.15) is 5.82 Å². The highest BCUT2D eigenvalue weighted by Crippen LogP contribution is 2.24. The molecule has 0 aromatic carbocycles. The highest BCUT2D eigenvalue weighted by atomic mass is 32.1. The average molecular weight is 351 g/mol. The summed E-state index contributed by atoms with van der Waals surface area (Å²) in [4.78, 5) is 15.3. The van der Waals surface area contributed by atoms with Gasteiger partial charge in [-0.1, -0.05) is 6.07 Å². The normalized spacial score (nSPS) is 13.9. The van der Waals surface area contributed by atoms with E-state index in [1.807, 2.05) is 18.3 Å². The maximum absolute atomic E-state index is 4.83. The van der Waals surface area contributed by atoms with Crippen LogP contribution in [-0.2, 0) is 19.3 Å². The molecule has 1 aliphatic rings. The largest absolute Gasteiger partial charge is 0.369 e. The Hall–Kier alpha value is -2.31. The van der Waals surface area contributed by atoms with Gasteiger partial charge in [-0.25, -0.2) is 9.97 Å². The minimum absolute atomic E-state index is 0.757. The zero-order chi connectivity index (χ0) is 16.9. The Labute approximate surface area is 151 Å². The molecule has 4 rings (SSSR count). The monoisotopic (exact) mass is 351 g/mol.